The van der Waals surface area contributed by atoms with Crippen molar-refractivity contribution in [2.24, 2.45) is 0 Å². The summed E-state index contributed by atoms with van der Waals surface area (Å²) < 4.78 is 0.745. The molecule has 2 rings (SSSR count). The quantitative estimate of drug-likeness (QED) is 0.894. The molecule has 1 aromatic carbocycles. The molecule has 2 aromatic rings. The standard InChI is InChI=1S/C13H10BrNO3S/c1-7-6-8(13(17)18)2-3-10(7)15-12(16)11-9(14)4-5-19-11/h2-6H,1H3,(H,15,16)(H,17,18). The Labute approximate surface area is 122 Å². The van der Waals surface area contributed by atoms with E-state index in [0.29, 0.717) is 16.1 Å². The summed E-state index contributed by atoms with van der Waals surface area (Å²) in [5.41, 5.74) is 1.52. The number of carboxylic acid groups (broad SMARTS) is 1. The topological polar surface area (TPSA) is 66.4 Å². The van der Waals surface area contributed by atoms with Crippen molar-refractivity contribution in [1.29, 1.82) is 0 Å². The van der Waals surface area contributed by atoms with Gasteiger partial charge < -0.3 is 10.4 Å². The van der Waals surface area contributed by atoms with E-state index in [1.54, 1.807) is 19.1 Å². The minimum atomic E-state index is -0.984. The highest BCUT2D eigenvalue weighted by atomic mass is 79.9. The molecule has 2 N–H and O–H groups in total. The third kappa shape index (κ3) is 3.02. The predicted molar refractivity (Wildman–Crippen MR) is 78.1 cm³/mol. The van der Waals surface area contributed by atoms with E-state index in [2.05, 4.69) is 21.2 Å². The smallest absolute Gasteiger partial charge is 0.335 e. The predicted octanol–water partition coefficient (Wildman–Crippen LogP) is 3.77. The lowest BCUT2D eigenvalue weighted by molar-refractivity contribution is 0.0696. The number of carbonyl (C=O) groups excluding carboxylic acids is 1. The number of anilines is 1. The van der Waals surface area contributed by atoms with E-state index in [9.17, 15) is 9.59 Å². The van der Waals surface area contributed by atoms with Crippen molar-refractivity contribution >= 4 is 44.8 Å². The fourth-order valence-electron chi connectivity index (χ4n) is 1.57. The van der Waals surface area contributed by atoms with Gasteiger partial charge in [-0.15, -0.1) is 11.3 Å². The second kappa shape index (κ2) is 5.54. The number of thiophene rings is 1. The van der Waals surface area contributed by atoms with Gasteiger partial charge in [-0.05, 0) is 58.1 Å². The average molecular weight is 340 g/mol. The first-order chi connectivity index (χ1) is 8.99. The Morgan fingerprint density at radius 2 is 2.05 bits per heavy atom. The highest BCUT2D eigenvalue weighted by Crippen LogP contribution is 2.25. The molecule has 19 heavy (non-hydrogen) atoms. The zero-order chi connectivity index (χ0) is 14.0. The number of benzene rings is 1. The van der Waals surface area contributed by atoms with Gasteiger partial charge in [0, 0.05) is 10.2 Å². The van der Waals surface area contributed by atoms with Crippen molar-refractivity contribution < 1.29 is 14.7 Å². The minimum Gasteiger partial charge on any atom is -0.478 e. The highest BCUT2D eigenvalue weighted by molar-refractivity contribution is 9.10. The van der Waals surface area contributed by atoms with Gasteiger partial charge in [0.2, 0.25) is 0 Å². The van der Waals surface area contributed by atoms with Crippen LogP contribution in [-0.2, 0) is 0 Å². The molecule has 0 atom stereocenters. The SMILES string of the molecule is Cc1cc(C(=O)O)ccc1NC(=O)c1sccc1Br. The molecule has 0 unspecified atom stereocenters. The maximum Gasteiger partial charge on any atom is 0.335 e. The van der Waals surface area contributed by atoms with Crippen LogP contribution < -0.4 is 5.32 Å². The van der Waals surface area contributed by atoms with E-state index in [-0.39, 0.29) is 11.5 Å². The van der Waals surface area contributed by atoms with Gasteiger partial charge in [0.15, 0.2) is 0 Å². The molecule has 0 bridgehead atoms. The second-order valence-electron chi connectivity index (χ2n) is 3.89. The lowest BCUT2D eigenvalue weighted by Gasteiger charge is -2.08. The summed E-state index contributed by atoms with van der Waals surface area (Å²) in [4.78, 5) is 23.4. The first-order valence-corrected chi connectivity index (χ1v) is 7.04. The number of carboxylic acids is 1. The fraction of sp³-hybridized carbons (Fsp3) is 0.0769. The Kier molecular flexibility index (Phi) is 4.01. The molecule has 1 heterocycles. The van der Waals surface area contributed by atoms with Crippen molar-refractivity contribution in [3.05, 3.63) is 50.1 Å². The highest BCUT2D eigenvalue weighted by Gasteiger charge is 2.13. The van der Waals surface area contributed by atoms with Gasteiger partial charge in [0.05, 0.1) is 5.56 Å². The van der Waals surface area contributed by atoms with Gasteiger partial charge in [0.1, 0.15) is 4.88 Å². The molecule has 4 nitrogen and oxygen atoms in total. The van der Waals surface area contributed by atoms with Gasteiger partial charge in [-0.1, -0.05) is 0 Å². The molecular weight excluding hydrogens is 330 g/mol. The number of hydrogen-bond donors (Lipinski definition) is 2. The van der Waals surface area contributed by atoms with Crippen LogP contribution in [0.5, 0.6) is 0 Å². The maximum atomic E-state index is 12.0. The molecule has 0 saturated carbocycles. The number of amides is 1. The lowest BCUT2D eigenvalue weighted by atomic mass is 10.1. The normalized spacial score (nSPS) is 10.2. The Morgan fingerprint density at radius 1 is 1.32 bits per heavy atom. The summed E-state index contributed by atoms with van der Waals surface area (Å²) in [6, 6.07) is 6.40. The largest absolute Gasteiger partial charge is 0.478 e. The first kappa shape index (κ1) is 13.8. The molecule has 0 aliphatic rings. The van der Waals surface area contributed by atoms with Gasteiger partial charge in [-0.3, -0.25) is 4.79 Å². The van der Waals surface area contributed by atoms with E-state index < -0.39 is 5.97 Å². The van der Waals surface area contributed by atoms with E-state index >= 15 is 0 Å². The third-order valence-electron chi connectivity index (χ3n) is 2.54. The Balaban J connectivity index is 2.23. The van der Waals surface area contributed by atoms with Crippen LogP contribution in [0.2, 0.25) is 0 Å². The molecule has 0 fully saturated rings. The zero-order valence-corrected chi connectivity index (χ0v) is 12.3. The van der Waals surface area contributed by atoms with E-state index in [4.69, 9.17) is 5.11 Å². The van der Waals surface area contributed by atoms with Crippen LogP contribution in [0.3, 0.4) is 0 Å². The molecule has 0 saturated heterocycles. The van der Waals surface area contributed by atoms with E-state index in [1.165, 1.54) is 23.5 Å². The number of aromatic carboxylic acids is 1. The number of carbonyl (C=O) groups is 2. The molecule has 1 amide bonds. The van der Waals surface area contributed by atoms with Gasteiger partial charge in [0.25, 0.3) is 5.91 Å². The van der Waals surface area contributed by atoms with Gasteiger partial charge >= 0.3 is 5.97 Å². The molecule has 0 aliphatic carbocycles. The fourth-order valence-corrected chi connectivity index (χ4v) is 3.02. The molecule has 1 aromatic heterocycles. The van der Waals surface area contributed by atoms with Crippen LogP contribution in [0, 0.1) is 6.92 Å². The van der Waals surface area contributed by atoms with E-state index in [0.717, 1.165) is 4.47 Å². The Morgan fingerprint density at radius 3 is 2.58 bits per heavy atom. The molecule has 0 spiro atoms. The van der Waals surface area contributed by atoms with Crippen molar-refractivity contribution in [3.63, 3.8) is 0 Å². The number of nitrogens with one attached hydrogen (secondary N) is 1. The summed E-state index contributed by atoms with van der Waals surface area (Å²) in [7, 11) is 0. The molecular formula is C13H10BrNO3S. The van der Waals surface area contributed by atoms with Crippen molar-refractivity contribution in [2.75, 3.05) is 5.32 Å². The van der Waals surface area contributed by atoms with Crippen LogP contribution in [0.25, 0.3) is 0 Å². The summed E-state index contributed by atoms with van der Waals surface area (Å²) >= 11 is 4.64. The molecule has 0 radical (unpaired) electrons. The zero-order valence-electron chi connectivity index (χ0n) is 9.94. The number of halogens is 1. The van der Waals surface area contributed by atoms with Crippen LogP contribution >= 0.6 is 27.3 Å². The lowest BCUT2D eigenvalue weighted by Crippen LogP contribution is -2.12. The number of aryl methyl sites for hydroxylation is 1. The Hall–Kier alpha value is -1.66. The van der Waals surface area contributed by atoms with Crippen LogP contribution in [0.4, 0.5) is 5.69 Å². The summed E-state index contributed by atoms with van der Waals surface area (Å²) in [5, 5.41) is 13.5. The summed E-state index contributed by atoms with van der Waals surface area (Å²) in [5.74, 6) is -1.20. The third-order valence-corrected chi connectivity index (χ3v) is 4.38. The summed E-state index contributed by atoms with van der Waals surface area (Å²) in [6.07, 6.45) is 0. The molecule has 98 valence electrons. The van der Waals surface area contributed by atoms with Crippen LogP contribution in [-0.4, -0.2) is 17.0 Å². The van der Waals surface area contributed by atoms with Crippen molar-refractivity contribution in [3.8, 4) is 0 Å². The van der Waals surface area contributed by atoms with Crippen LogP contribution in [0.1, 0.15) is 25.6 Å². The van der Waals surface area contributed by atoms with Crippen molar-refractivity contribution in [1.82, 2.24) is 0 Å². The maximum absolute atomic E-state index is 12.0. The molecule has 0 aliphatic heterocycles. The average Bonchev–Trinajstić information content (AvgIpc) is 2.77. The van der Waals surface area contributed by atoms with Crippen LogP contribution in [0.15, 0.2) is 34.1 Å². The summed E-state index contributed by atoms with van der Waals surface area (Å²) in [6.45, 7) is 1.76. The Bertz CT molecular complexity index is 651. The monoisotopic (exact) mass is 339 g/mol. The number of hydrogen-bond acceptors (Lipinski definition) is 3. The molecule has 6 heteroatoms. The minimum absolute atomic E-state index is 0.202. The number of rotatable bonds is 3. The van der Waals surface area contributed by atoms with Gasteiger partial charge in [-0.2, -0.15) is 0 Å². The first-order valence-electron chi connectivity index (χ1n) is 5.37. The van der Waals surface area contributed by atoms with Crippen molar-refractivity contribution in [2.45, 2.75) is 6.92 Å². The second-order valence-corrected chi connectivity index (χ2v) is 5.66. The van der Waals surface area contributed by atoms with E-state index in [1.807, 2.05) is 5.38 Å². The van der Waals surface area contributed by atoms with Gasteiger partial charge in [-0.25, -0.2) is 4.79 Å².